The first-order valence-electron chi connectivity index (χ1n) is 10.7. The first-order chi connectivity index (χ1) is 14.2. The minimum Gasteiger partial charge on any atom is -0.381 e. The van der Waals surface area contributed by atoms with Crippen LogP contribution in [0.2, 0.25) is 0 Å². The highest BCUT2D eigenvalue weighted by atomic mass is 15.4. The number of hydrazine groups is 1. The molecule has 0 fully saturated rings. The Kier molecular flexibility index (Phi) is 10.7. The molecule has 0 heterocycles. The zero-order chi connectivity index (χ0) is 22.7. The minimum absolute atomic E-state index is 0.421. The van der Waals surface area contributed by atoms with Crippen molar-refractivity contribution in [2.24, 2.45) is 10.9 Å². The van der Waals surface area contributed by atoms with Crippen molar-refractivity contribution in [1.29, 1.82) is 0 Å². The van der Waals surface area contributed by atoms with E-state index in [4.69, 9.17) is 0 Å². The third-order valence-corrected chi connectivity index (χ3v) is 5.17. The maximum atomic E-state index is 4.26. The number of allylic oxidation sites excluding steroid dienone is 6. The molecule has 0 radical (unpaired) electrons. The van der Waals surface area contributed by atoms with Gasteiger partial charge in [-0.3, -0.25) is 15.8 Å². The Bertz CT molecular complexity index is 803. The van der Waals surface area contributed by atoms with Crippen LogP contribution >= 0.6 is 0 Å². The Labute approximate surface area is 184 Å². The molecular formula is C26H40N4. The van der Waals surface area contributed by atoms with E-state index >= 15 is 0 Å². The number of hydrogen-bond acceptors (Lipinski definition) is 3. The molecule has 0 aliphatic heterocycles. The van der Waals surface area contributed by atoms with Gasteiger partial charge in [-0.05, 0) is 45.1 Å². The molecule has 1 aliphatic rings. The third-order valence-electron chi connectivity index (χ3n) is 5.17. The van der Waals surface area contributed by atoms with E-state index in [0.29, 0.717) is 12.5 Å². The Balaban J connectivity index is 2.85. The first kappa shape index (κ1) is 25.3. The first-order valence-corrected chi connectivity index (χ1v) is 10.7. The molecule has 0 spiro atoms. The fraction of sp³-hybridized carbons (Fsp3) is 0.423. The molecule has 0 aromatic rings. The summed E-state index contributed by atoms with van der Waals surface area (Å²) in [4.78, 5) is 4.12. The second-order valence-electron chi connectivity index (χ2n) is 8.08. The molecule has 0 bridgehead atoms. The third kappa shape index (κ3) is 8.73. The Morgan fingerprint density at radius 1 is 1.23 bits per heavy atom. The van der Waals surface area contributed by atoms with Crippen molar-refractivity contribution in [2.75, 3.05) is 13.6 Å². The lowest BCUT2D eigenvalue weighted by atomic mass is 10.00. The van der Waals surface area contributed by atoms with Crippen LogP contribution in [0.15, 0.2) is 88.3 Å². The van der Waals surface area contributed by atoms with E-state index < -0.39 is 0 Å². The zero-order valence-electron chi connectivity index (χ0n) is 19.8. The standard InChI is InChI=1S/C26H40N4/c1-10-19(4)15-26(30-29-23(8)27-9)21(6)22(7)28-17-24-12-11-13-25(14-18(2)3)20(5)16-24/h11-12,15-16,19,28,30H,2,6-7,10,13-14,17H2,1,3-5,8-9H3,(H,27,29). The normalized spacial score (nSPS) is 15.9. The van der Waals surface area contributed by atoms with Crippen molar-refractivity contribution in [3.05, 3.63) is 83.3 Å². The lowest BCUT2D eigenvalue weighted by Gasteiger charge is -2.19. The van der Waals surface area contributed by atoms with Crippen LogP contribution in [0.3, 0.4) is 0 Å². The van der Waals surface area contributed by atoms with Crippen LogP contribution in [0, 0.1) is 5.92 Å². The number of nitrogens with zero attached hydrogens (tertiary/aromatic N) is 1. The largest absolute Gasteiger partial charge is 0.381 e. The summed E-state index contributed by atoms with van der Waals surface area (Å²) >= 11 is 0. The molecule has 4 nitrogen and oxygen atoms in total. The number of aliphatic imine (C=N–C) groups is 1. The molecule has 0 aromatic carbocycles. The predicted molar refractivity (Wildman–Crippen MR) is 133 cm³/mol. The highest BCUT2D eigenvalue weighted by Gasteiger charge is 2.10. The molecule has 30 heavy (non-hydrogen) atoms. The minimum atomic E-state index is 0.421. The molecule has 0 saturated heterocycles. The molecular weight excluding hydrogens is 368 g/mol. The van der Waals surface area contributed by atoms with E-state index in [1.165, 1.54) is 22.3 Å². The van der Waals surface area contributed by atoms with E-state index in [9.17, 15) is 0 Å². The van der Waals surface area contributed by atoms with Crippen molar-refractivity contribution < 1.29 is 0 Å². The average Bonchev–Trinajstić information content (AvgIpc) is 2.88. The van der Waals surface area contributed by atoms with Crippen LogP contribution in [0.4, 0.5) is 0 Å². The molecule has 1 aliphatic carbocycles. The zero-order valence-corrected chi connectivity index (χ0v) is 19.8. The molecule has 3 N–H and O–H groups in total. The summed E-state index contributed by atoms with van der Waals surface area (Å²) in [6.45, 7) is 23.7. The van der Waals surface area contributed by atoms with E-state index in [0.717, 1.165) is 42.1 Å². The van der Waals surface area contributed by atoms with Gasteiger partial charge in [-0.25, -0.2) is 0 Å². The van der Waals surface area contributed by atoms with Gasteiger partial charge in [0.05, 0.1) is 5.70 Å². The van der Waals surface area contributed by atoms with Gasteiger partial charge in [0.15, 0.2) is 0 Å². The second kappa shape index (κ2) is 12.7. The lowest BCUT2D eigenvalue weighted by molar-refractivity contribution is 0.671. The Morgan fingerprint density at radius 3 is 2.53 bits per heavy atom. The van der Waals surface area contributed by atoms with Crippen LogP contribution in [0.1, 0.15) is 53.9 Å². The lowest BCUT2D eigenvalue weighted by Crippen LogP contribution is -2.36. The van der Waals surface area contributed by atoms with Gasteiger partial charge in [0.1, 0.15) is 5.84 Å². The summed E-state index contributed by atoms with van der Waals surface area (Å²) in [5.41, 5.74) is 14.1. The van der Waals surface area contributed by atoms with Crippen LogP contribution in [-0.4, -0.2) is 19.4 Å². The molecule has 0 amide bonds. The molecule has 1 rings (SSSR count). The van der Waals surface area contributed by atoms with E-state index in [-0.39, 0.29) is 0 Å². The molecule has 164 valence electrons. The fourth-order valence-electron chi connectivity index (χ4n) is 2.94. The van der Waals surface area contributed by atoms with Gasteiger partial charge < -0.3 is 5.32 Å². The molecule has 1 atom stereocenters. The molecule has 1 unspecified atom stereocenters. The average molecular weight is 409 g/mol. The van der Waals surface area contributed by atoms with Gasteiger partial charge in [0.25, 0.3) is 0 Å². The van der Waals surface area contributed by atoms with E-state index in [2.05, 4.69) is 92.9 Å². The summed E-state index contributed by atoms with van der Waals surface area (Å²) in [6, 6.07) is 0. The van der Waals surface area contributed by atoms with Crippen LogP contribution < -0.4 is 16.2 Å². The smallest absolute Gasteiger partial charge is 0.111 e. The van der Waals surface area contributed by atoms with Gasteiger partial charge >= 0.3 is 0 Å². The number of hydrogen-bond donors (Lipinski definition) is 3. The molecule has 4 heteroatoms. The number of nitrogens with one attached hydrogen (secondary N) is 3. The Morgan fingerprint density at radius 2 is 1.93 bits per heavy atom. The topological polar surface area (TPSA) is 48.4 Å². The highest BCUT2D eigenvalue weighted by Crippen LogP contribution is 2.23. The van der Waals surface area contributed by atoms with Crippen LogP contribution in [0.25, 0.3) is 0 Å². The maximum absolute atomic E-state index is 4.26. The van der Waals surface area contributed by atoms with Gasteiger partial charge in [0, 0.05) is 24.9 Å². The maximum Gasteiger partial charge on any atom is 0.111 e. The van der Waals surface area contributed by atoms with Crippen LogP contribution in [0.5, 0.6) is 0 Å². The SMILES string of the molecule is C=C(C)CC1=C(C)C=C(CNC(=C)C(=C)C(=CC(C)CC)NNC(C)=NC)C=CC1. The van der Waals surface area contributed by atoms with Gasteiger partial charge in [0.2, 0.25) is 0 Å². The van der Waals surface area contributed by atoms with Crippen molar-refractivity contribution in [3.63, 3.8) is 0 Å². The van der Waals surface area contributed by atoms with Gasteiger partial charge in [-0.15, -0.1) is 0 Å². The van der Waals surface area contributed by atoms with Gasteiger partial charge in [-0.2, -0.15) is 0 Å². The molecule has 0 aromatic heterocycles. The summed E-state index contributed by atoms with van der Waals surface area (Å²) in [6.07, 6.45) is 11.8. The quantitative estimate of drug-likeness (QED) is 0.131. The van der Waals surface area contributed by atoms with Crippen molar-refractivity contribution >= 4 is 5.84 Å². The van der Waals surface area contributed by atoms with E-state index in [1.807, 2.05) is 6.92 Å². The van der Waals surface area contributed by atoms with Gasteiger partial charge in [-0.1, -0.05) is 81.0 Å². The van der Waals surface area contributed by atoms with E-state index in [1.54, 1.807) is 7.05 Å². The fourth-order valence-corrected chi connectivity index (χ4v) is 2.94. The summed E-state index contributed by atoms with van der Waals surface area (Å²) in [7, 11) is 1.75. The highest BCUT2D eigenvalue weighted by molar-refractivity contribution is 5.79. The van der Waals surface area contributed by atoms with Crippen molar-refractivity contribution in [1.82, 2.24) is 16.2 Å². The van der Waals surface area contributed by atoms with Crippen molar-refractivity contribution in [3.8, 4) is 0 Å². The van der Waals surface area contributed by atoms with Crippen molar-refractivity contribution in [2.45, 2.75) is 53.9 Å². The molecule has 0 saturated carbocycles. The summed E-state index contributed by atoms with van der Waals surface area (Å²) < 4.78 is 0. The predicted octanol–water partition coefficient (Wildman–Crippen LogP) is 5.89. The monoisotopic (exact) mass is 408 g/mol. The summed E-state index contributed by atoms with van der Waals surface area (Å²) in [5.74, 6) is 1.22. The summed E-state index contributed by atoms with van der Waals surface area (Å²) in [5, 5.41) is 3.44. The number of rotatable bonds is 11. The van der Waals surface area contributed by atoms with Crippen LogP contribution in [-0.2, 0) is 0 Å². The number of amidine groups is 1. The Hall–Kier alpha value is -2.75. The second-order valence-corrected chi connectivity index (χ2v) is 8.08.